The van der Waals surface area contributed by atoms with Gasteiger partial charge in [-0.1, -0.05) is 30.0 Å². The van der Waals surface area contributed by atoms with E-state index in [1.807, 2.05) is 37.3 Å². The molecular formula is C16H19NO2. The van der Waals surface area contributed by atoms with Crippen molar-refractivity contribution in [1.29, 1.82) is 0 Å². The minimum atomic E-state index is -0.678. The van der Waals surface area contributed by atoms with Crippen LogP contribution < -0.4 is 0 Å². The molecule has 3 nitrogen and oxygen atoms in total. The maximum atomic E-state index is 11.1. The van der Waals surface area contributed by atoms with Crippen molar-refractivity contribution in [3.8, 4) is 11.8 Å². The van der Waals surface area contributed by atoms with E-state index >= 15 is 0 Å². The molecule has 1 aromatic carbocycles. The molecule has 0 radical (unpaired) electrons. The fourth-order valence-electron chi connectivity index (χ4n) is 2.19. The average molecular weight is 257 g/mol. The summed E-state index contributed by atoms with van der Waals surface area (Å²) < 4.78 is 0. The Bertz CT molecular complexity index is 490. The maximum absolute atomic E-state index is 11.1. The number of benzene rings is 1. The number of carboxylic acids is 1. The highest BCUT2D eigenvalue weighted by Gasteiger charge is 2.36. The molecule has 100 valence electrons. The standard InChI is InChI=1S/C16H19NO2/c1-16(15(18)19)9-12-17(13-10-16)11-5-8-14-6-3-2-4-7-14/h2-4,6-7H,9-13H2,1H3,(H,18,19). The van der Waals surface area contributed by atoms with Crippen molar-refractivity contribution in [2.45, 2.75) is 19.8 Å². The second-order valence-corrected chi connectivity index (χ2v) is 5.31. The highest BCUT2D eigenvalue weighted by Crippen LogP contribution is 2.30. The van der Waals surface area contributed by atoms with Gasteiger partial charge in [-0.3, -0.25) is 9.69 Å². The summed E-state index contributed by atoms with van der Waals surface area (Å²) in [7, 11) is 0. The summed E-state index contributed by atoms with van der Waals surface area (Å²) in [5, 5.41) is 9.16. The number of piperidine rings is 1. The van der Waals surface area contributed by atoms with Crippen LogP contribution in [0, 0.1) is 17.3 Å². The smallest absolute Gasteiger partial charge is 0.309 e. The molecule has 0 atom stereocenters. The van der Waals surface area contributed by atoms with Gasteiger partial charge < -0.3 is 5.11 Å². The molecule has 0 bridgehead atoms. The van der Waals surface area contributed by atoms with Crippen LogP contribution in [0.1, 0.15) is 25.3 Å². The topological polar surface area (TPSA) is 40.5 Å². The molecule has 0 amide bonds. The zero-order chi connectivity index (χ0) is 13.7. The van der Waals surface area contributed by atoms with Gasteiger partial charge in [0.2, 0.25) is 0 Å². The molecule has 1 N–H and O–H groups in total. The molecule has 2 rings (SSSR count). The lowest BCUT2D eigenvalue weighted by Crippen LogP contribution is -2.42. The number of carbonyl (C=O) groups is 1. The molecule has 19 heavy (non-hydrogen) atoms. The third-order valence-corrected chi connectivity index (χ3v) is 3.79. The second-order valence-electron chi connectivity index (χ2n) is 5.31. The minimum Gasteiger partial charge on any atom is -0.481 e. The first kappa shape index (κ1) is 13.6. The first-order valence-corrected chi connectivity index (χ1v) is 6.60. The number of rotatable bonds is 2. The molecule has 1 aromatic rings. The molecule has 0 spiro atoms. The number of carboxylic acid groups (broad SMARTS) is 1. The molecule has 1 aliphatic rings. The third-order valence-electron chi connectivity index (χ3n) is 3.79. The Morgan fingerprint density at radius 1 is 1.32 bits per heavy atom. The van der Waals surface area contributed by atoms with E-state index in [9.17, 15) is 4.79 Å². The Kier molecular flexibility index (Phi) is 4.24. The van der Waals surface area contributed by atoms with Crippen LogP contribution in [-0.4, -0.2) is 35.6 Å². The molecule has 0 unspecified atom stereocenters. The van der Waals surface area contributed by atoms with Gasteiger partial charge in [0.05, 0.1) is 12.0 Å². The summed E-state index contributed by atoms with van der Waals surface area (Å²) in [5.41, 5.74) is 0.471. The van der Waals surface area contributed by atoms with Crippen LogP contribution >= 0.6 is 0 Å². The molecule has 1 fully saturated rings. The Morgan fingerprint density at radius 3 is 2.53 bits per heavy atom. The largest absolute Gasteiger partial charge is 0.481 e. The molecule has 0 aromatic heterocycles. The maximum Gasteiger partial charge on any atom is 0.309 e. The number of aliphatic carboxylic acids is 1. The lowest BCUT2D eigenvalue weighted by molar-refractivity contribution is -0.150. The summed E-state index contributed by atoms with van der Waals surface area (Å²) in [6.45, 7) is 4.17. The Labute approximate surface area is 114 Å². The summed E-state index contributed by atoms with van der Waals surface area (Å²) >= 11 is 0. The van der Waals surface area contributed by atoms with Crippen LogP contribution in [0.25, 0.3) is 0 Å². The van der Waals surface area contributed by atoms with Crippen LogP contribution in [-0.2, 0) is 4.79 Å². The van der Waals surface area contributed by atoms with Crippen LogP contribution in [0.2, 0.25) is 0 Å². The first-order valence-electron chi connectivity index (χ1n) is 6.60. The van der Waals surface area contributed by atoms with Gasteiger partial charge in [-0.25, -0.2) is 0 Å². The Hall–Kier alpha value is -1.79. The fourth-order valence-corrected chi connectivity index (χ4v) is 2.19. The van der Waals surface area contributed by atoms with Crippen molar-refractivity contribution in [2.24, 2.45) is 5.41 Å². The van der Waals surface area contributed by atoms with Crippen molar-refractivity contribution in [3.63, 3.8) is 0 Å². The van der Waals surface area contributed by atoms with Crippen molar-refractivity contribution in [3.05, 3.63) is 35.9 Å². The number of hydrogen-bond acceptors (Lipinski definition) is 2. The zero-order valence-corrected chi connectivity index (χ0v) is 11.2. The minimum absolute atomic E-state index is 0.552. The van der Waals surface area contributed by atoms with Crippen molar-refractivity contribution >= 4 is 5.97 Å². The van der Waals surface area contributed by atoms with E-state index in [1.54, 1.807) is 0 Å². The first-order chi connectivity index (χ1) is 9.10. The summed E-state index contributed by atoms with van der Waals surface area (Å²) in [5.74, 6) is 5.61. The van der Waals surface area contributed by atoms with Gasteiger partial charge in [-0.05, 0) is 31.9 Å². The highest BCUT2D eigenvalue weighted by atomic mass is 16.4. The van der Waals surface area contributed by atoms with Gasteiger partial charge in [-0.2, -0.15) is 0 Å². The quantitative estimate of drug-likeness (QED) is 0.826. The summed E-state index contributed by atoms with van der Waals surface area (Å²) in [6, 6.07) is 9.91. The average Bonchev–Trinajstić information content (AvgIpc) is 2.42. The van der Waals surface area contributed by atoms with Crippen LogP contribution in [0.5, 0.6) is 0 Å². The van der Waals surface area contributed by atoms with E-state index < -0.39 is 11.4 Å². The van der Waals surface area contributed by atoms with E-state index in [1.165, 1.54) is 0 Å². The van der Waals surface area contributed by atoms with Gasteiger partial charge in [-0.15, -0.1) is 0 Å². The number of likely N-dealkylation sites (tertiary alicyclic amines) is 1. The molecule has 1 saturated heterocycles. The number of hydrogen-bond donors (Lipinski definition) is 1. The lowest BCUT2D eigenvalue weighted by atomic mass is 9.80. The van der Waals surface area contributed by atoms with Gasteiger partial charge in [0.15, 0.2) is 0 Å². The SMILES string of the molecule is CC1(C(=O)O)CCN(CC#Cc2ccccc2)CC1. The van der Waals surface area contributed by atoms with Crippen LogP contribution in [0.3, 0.4) is 0 Å². The molecule has 3 heteroatoms. The molecule has 1 heterocycles. The normalized spacial score (nSPS) is 18.4. The fraction of sp³-hybridized carbons (Fsp3) is 0.438. The Morgan fingerprint density at radius 2 is 1.95 bits per heavy atom. The zero-order valence-electron chi connectivity index (χ0n) is 11.2. The molecule has 0 aliphatic carbocycles. The number of nitrogens with zero attached hydrogens (tertiary/aromatic N) is 1. The molecule has 0 saturated carbocycles. The van der Waals surface area contributed by atoms with E-state index in [0.717, 1.165) is 18.7 Å². The van der Waals surface area contributed by atoms with E-state index in [2.05, 4.69) is 16.7 Å². The van der Waals surface area contributed by atoms with E-state index in [4.69, 9.17) is 5.11 Å². The second kappa shape index (κ2) is 5.90. The van der Waals surface area contributed by atoms with Gasteiger partial charge in [0, 0.05) is 18.7 Å². The lowest BCUT2D eigenvalue weighted by Gasteiger charge is -2.35. The van der Waals surface area contributed by atoms with Gasteiger partial charge in [0.1, 0.15) is 0 Å². The third kappa shape index (κ3) is 3.59. The van der Waals surface area contributed by atoms with Crippen LogP contribution in [0.4, 0.5) is 0 Å². The van der Waals surface area contributed by atoms with Crippen molar-refractivity contribution in [1.82, 2.24) is 4.90 Å². The van der Waals surface area contributed by atoms with Crippen molar-refractivity contribution in [2.75, 3.05) is 19.6 Å². The molecular weight excluding hydrogens is 238 g/mol. The Balaban J connectivity index is 1.84. The summed E-state index contributed by atoms with van der Waals surface area (Å²) in [6.07, 6.45) is 1.41. The van der Waals surface area contributed by atoms with Crippen molar-refractivity contribution < 1.29 is 9.90 Å². The van der Waals surface area contributed by atoms with Crippen LogP contribution in [0.15, 0.2) is 30.3 Å². The van der Waals surface area contributed by atoms with Gasteiger partial charge in [0.25, 0.3) is 0 Å². The summed E-state index contributed by atoms with van der Waals surface area (Å²) in [4.78, 5) is 13.4. The van der Waals surface area contributed by atoms with E-state index in [-0.39, 0.29) is 0 Å². The highest BCUT2D eigenvalue weighted by molar-refractivity contribution is 5.74. The predicted octanol–water partition coefficient (Wildman–Crippen LogP) is 2.22. The molecule has 1 aliphatic heterocycles. The van der Waals surface area contributed by atoms with E-state index in [0.29, 0.717) is 19.4 Å². The monoisotopic (exact) mass is 257 g/mol. The van der Waals surface area contributed by atoms with Gasteiger partial charge >= 0.3 is 5.97 Å². The predicted molar refractivity (Wildman–Crippen MR) is 74.7 cm³/mol.